The standard InChI is InChI=1S/C13H19NO3S2/c1-3-9(2)6-7-10-12(17)14(13(18)19-10)8-4-5-11(15)16/h7,9H,3-6,8H2,1-2H3,(H,15,16)/b10-7-. The third-order valence-corrected chi connectivity index (χ3v) is 4.48. The van der Waals surface area contributed by atoms with Crippen molar-refractivity contribution >= 4 is 40.2 Å². The molecule has 6 heteroatoms. The third kappa shape index (κ3) is 4.95. The fourth-order valence-electron chi connectivity index (χ4n) is 1.59. The SMILES string of the molecule is CCC(C)C/C=C1\SC(=S)N(CCCC(=O)O)C1=O. The van der Waals surface area contributed by atoms with Crippen molar-refractivity contribution in [3.05, 3.63) is 11.0 Å². The lowest BCUT2D eigenvalue weighted by molar-refractivity contribution is -0.137. The van der Waals surface area contributed by atoms with E-state index in [1.807, 2.05) is 6.08 Å². The number of carbonyl (C=O) groups excluding carboxylic acids is 1. The summed E-state index contributed by atoms with van der Waals surface area (Å²) in [5.41, 5.74) is 0. The summed E-state index contributed by atoms with van der Waals surface area (Å²) in [5, 5.41) is 8.59. The van der Waals surface area contributed by atoms with E-state index < -0.39 is 5.97 Å². The maximum absolute atomic E-state index is 12.1. The highest BCUT2D eigenvalue weighted by Crippen LogP contribution is 2.32. The van der Waals surface area contributed by atoms with Crippen LogP contribution in [-0.4, -0.2) is 32.7 Å². The molecule has 0 aromatic carbocycles. The first kappa shape index (κ1) is 16.2. The van der Waals surface area contributed by atoms with Gasteiger partial charge in [0.15, 0.2) is 0 Å². The molecule has 1 aliphatic heterocycles. The molecule has 19 heavy (non-hydrogen) atoms. The second-order valence-corrected chi connectivity index (χ2v) is 6.32. The molecule has 1 saturated heterocycles. The molecule has 0 saturated carbocycles. The van der Waals surface area contributed by atoms with Crippen molar-refractivity contribution in [3.8, 4) is 0 Å². The second kappa shape index (κ2) is 7.65. The molecule has 1 N–H and O–H groups in total. The van der Waals surface area contributed by atoms with Crippen molar-refractivity contribution in [1.82, 2.24) is 4.90 Å². The van der Waals surface area contributed by atoms with E-state index in [9.17, 15) is 9.59 Å². The van der Waals surface area contributed by atoms with Gasteiger partial charge >= 0.3 is 5.97 Å². The normalized spacial score (nSPS) is 19.3. The van der Waals surface area contributed by atoms with Gasteiger partial charge in [-0.05, 0) is 18.8 Å². The molecular formula is C13H19NO3S2. The lowest BCUT2D eigenvalue weighted by Gasteiger charge is -2.13. The average molecular weight is 301 g/mol. The molecule has 1 atom stereocenters. The molecule has 106 valence electrons. The van der Waals surface area contributed by atoms with E-state index in [1.165, 1.54) is 16.7 Å². The number of carboxylic acids is 1. The van der Waals surface area contributed by atoms with E-state index in [0.717, 1.165) is 12.8 Å². The van der Waals surface area contributed by atoms with Gasteiger partial charge in [0, 0.05) is 13.0 Å². The van der Waals surface area contributed by atoms with E-state index in [2.05, 4.69) is 13.8 Å². The summed E-state index contributed by atoms with van der Waals surface area (Å²) in [4.78, 5) is 24.7. The Balaban J connectivity index is 2.55. The van der Waals surface area contributed by atoms with E-state index in [4.69, 9.17) is 17.3 Å². The van der Waals surface area contributed by atoms with Gasteiger partial charge in [-0.25, -0.2) is 0 Å². The first-order valence-electron chi connectivity index (χ1n) is 6.41. The Kier molecular flexibility index (Phi) is 6.51. The first-order valence-corrected chi connectivity index (χ1v) is 7.63. The summed E-state index contributed by atoms with van der Waals surface area (Å²) in [6.45, 7) is 4.65. The second-order valence-electron chi connectivity index (χ2n) is 4.64. The van der Waals surface area contributed by atoms with Crippen LogP contribution < -0.4 is 0 Å². The van der Waals surface area contributed by atoms with Gasteiger partial charge in [-0.15, -0.1) is 0 Å². The predicted octanol–water partition coefficient (Wildman–Crippen LogP) is 3.03. The van der Waals surface area contributed by atoms with Crippen LogP contribution in [0.2, 0.25) is 0 Å². The van der Waals surface area contributed by atoms with Crippen molar-refractivity contribution in [2.75, 3.05) is 6.54 Å². The molecule has 1 unspecified atom stereocenters. The van der Waals surface area contributed by atoms with Crippen molar-refractivity contribution in [2.45, 2.75) is 39.5 Å². The summed E-state index contributed by atoms with van der Waals surface area (Å²) in [5.74, 6) is -0.378. The van der Waals surface area contributed by atoms with Crippen molar-refractivity contribution in [3.63, 3.8) is 0 Å². The molecule has 0 bridgehead atoms. The smallest absolute Gasteiger partial charge is 0.303 e. The summed E-state index contributed by atoms with van der Waals surface area (Å²) in [6, 6.07) is 0. The minimum Gasteiger partial charge on any atom is -0.481 e. The number of nitrogens with zero attached hydrogens (tertiary/aromatic N) is 1. The van der Waals surface area contributed by atoms with E-state index in [1.54, 1.807) is 0 Å². The molecule has 0 aromatic rings. The number of hydrogen-bond acceptors (Lipinski definition) is 4. The molecule has 1 fully saturated rings. The fourth-order valence-corrected chi connectivity index (χ4v) is 2.89. The third-order valence-electron chi connectivity index (χ3n) is 3.05. The number of carboxylic acid groups (broad SMARTS) is 1. The number of aliphatic carboxylic acids is 1. The van der Waals surface area contributed by atoms with Gasteiger partial charge in [0.25, 0.3) is 5.91 Å². The van der Waals surface area contributed by atoms with E-state index >= 15 is 0 Å². The summed E-state index contributed by atoms with van der Waals surface area (Å²) in [6.07, 6.45) is 4.39. The minimum absolute atomic E-state index is 0.0585. The van der Waals surface area contributed by atoms with Gasteiger partial charge in [0.2, 0.25) is 0 Å². The average Bonchev–Trinajstić information content (AvgIpc) is 2.62. The highest BCUT2D eigenvalue weighted by molar-refractivity contribution is 8.26. The molecule has 1 aliphatic rings. The number of rotatable bonds is 7. The van der Waals surface area contributed by atoms with E-state index in [-0.39, 0.29) is 12.3 Å². The van der Waals surface area contributed by atoms with Crippen molar-refractivity contribution in [1.29, 1.82) is 0 Å². The Bertz CT molecular complexity index is 407. The number of hydrogen-bond donors (Lipinski definition) is 1. The number of thioether (sulfide) groups is 1. The number of allylic oxidation sites excluding steroid dienone is 1. The first-order chi connectivity index (χ1) is 8.95. The zero-order valence-electron chi connectivity index (χ0n) is 11.2. The lowest BCUT2D eigenvalue weighted by atomic mass is 10.1. The zero-order chi connectivity index (χ0) is 14.4. The Morgan fingerprint density at radius 2 is 2.26 bits per heavy atom. The zero-order valence-corrected chi connectivity index (χ0v) is 12.9. The molecule has 1 amide bonds. The van der Waals surface area contributed by atoms with E-state index in [0.29, 0.717) is 28.1 Å². The summed E-state index contributed by atoms with van der Waals surface area (Å²) < 4.78 is 0.533. The van der Waals surface area contributed by atoms with Gasteiger partial charge < -0.3 is 5.11 Å². The predicted molar refractivity (Wildman–Crippen MR) is 80.9 cm³/mol. The maximum Gasteiger partial charge on any atom is 0.303 e. The topological polar surface area (TPSA) is 57.6 Å². The van der Waals surface area contributed by atoms with Crippen LogP contribution in [0.1, 0.15) is 39.5 Å². The molecule has 0 spiro atoms. The lowest BCUT2D eigenvalue weighted by Crippen LogP contribution is -2.29. The Hall–Kier alpha value is -0.880. The highest BCUT2D eigenvalue weighted by Gasteiger charge is 2.31. The maximum atomic E-state index is 12.1. The van der Waals surface area contributed by atoms with Gasteiger partial charge in [-0.3, -0.25) is 14.5 Å². The molecule has 0 radical (unpaired) electrons. The van der Waals surface area contributed by atoms with Gasteiger partial charge in [-0.1, -0.05) is 50.3 Å². The summed E-state index contributed by atoms with van der Waals surface area (Å²) in [7, 11) is 0. The van der Waals surface area contributed by atoms with Gasteiger partial charge in [-0.2, -0.15) is 0 Å². The van der Waals surface area contributed by atoms with Crippen LogP contribution in [0.5, 0.6) is 0 Å². The molecule has 1 rings (SSSR count). The minimum atomic E-state index is -0.849. The van der Waals surface area contributed by atoms with Crippen LogP contribution in [0.15, 0.2) is 11.0 Å². The van der Waals surface area contributed by atoms with Crippen LogP contribution in [-0.2, 0) is 9.59 Å². The highest BCUT2D eigenvalue weighted by atomic mass is 32.2. The Morgan fingerprint density at radius 3 is 2.84 bits per heavy atom. The molecule has 4 nitrogen and oxygen atoms in total. The van der Waals surface area contributed by atoms with Crippen molar-refractivity contribution in [2.24, 2.45) is 5.92 Å². The Labute approximate surface area is 123 Å². The monoisotopic (exact) mass is 301 g/mol. The Morgan fingerprint density at radius 1 is 1.58 bits per heavy atom. The van der Waals surface area contributed by atoms with Crippen LogP contribution in [0.4, 0.5) is 0 Å². The van der Waals surface area contributed by atoms with Crippen LogP contribution >= 0.6 is 24.0 Å². The van der Waals surface area contributed by atoms with Gasteiger partial charge in [0.1, 0.15) is 4.32 Å². The molecule has 0 aromatic heterocycles. The molecular weight excluding hydrogens is 282 g/mol. The molecule has 0 aliphatic carbocycles. The van der Waals surface area contributed by atoms with Crippen LogP contribution in [0.3, 0.4) is 0 Å². The molecule has 1 heterocycles. The fraction of sp³-hybridized carbons (Fsp3) is 0.615. The van der Waals surface area contributed by atoms with Crippen molar-refractivity contribution < 1.29 is 14.7 Å². The quantitative estimate of drug-likeness (QED) is 0.578. The largest absolute Gasteiger partial charge is 0.481 e. The number of carbonyl (C=O) groups is 2. The number of amides is 1. The van der Waals surface area contributed by atoms with Crippen LogP contribution in [0, 0.1) is 5.92 Å². The number of thiocarbonyl (C=S) groups is 1. The van der Waals surface area contributed by atoms with Crippen LogP contribution in [0.25, 0.3) is 0 Å². The summed E-state index contributed by atoms with van der Waals surface area (Å²) >= 11 is 6.48. The van der Waals surface area contributed by atoms with Gasteiger partial charge in [0.05, 0.1) is 4.91 Å².